The van der Waals surface area contributed by atoms with Gasteiger partial charge in [0.15, 0.2) is 5.78 Å². The summed E-state index contributed by atoms with van der Waals surface area (Å²) in [6, 6.07) is 17.2. The van der Waals surface area contributed by atoms with E-state index in [0.29, 0.717) is 29.5 Å². The van der Waals surface area contributed by atoms with Crippen LogP contribution < -0.4 is 10.8 Å². The Bertz CT molecular complexity index is 1280. The molecule has 3 aromatic carbocycles. The standard InChI is InChI=1S/C28H30N2O6/c1-18(31)19-11-13-20(14-12-19)29-27(34)36-26(28(2,3)17-7-6-10-25(33)30-35)23-15-16-24(32)22-9-5-4-8-21(22)23/h4-6,8-16,26,32,35H,7,17H2,1-3H3,(H,29,34)(H,30,33)/b10-6+/t26-/m0/s1. The van der Waals surface area contributed by atoms with Gasteiger partial charge < -0.3 is 9.84 Å². The Morgan fingerprint density at radius 2 is 1.67 bits per heavy atom. The van der Waals surface area contributed by atoms with E-state index >= 15 is 0 Å². The number of hydroxylamine groups is 1. The second-order valence-electron chi connectivity index (χ2n) is 9.17. The quantitative estimate of drug-likeness (QED) is 0.128. The summed E-state index contributed by atoms with van der Waals surface area (Å²) in [5, 5.41) is 23.1. The van der Waals surface area contributed by atoms with Crippen LogP contribution in [0.3, 0.4) is 0 Å². The number of anilines is 1. The van der Waals surface area contributed by atoms with Crippen molar-refractivity contribution in [1.82, 2.24) is 5.48 Å². The minimum Gasteiger partial charge on any atom is -0.507 e. The number of carbonyl (C=O) groups excluding carboxylic acids is 3. The van der Waals surface area contributed by atoms with E-state index in [-0.39, 0.29) is 11.5 Å². The minimum absolute atomic E-state index is 0.0735. The van der Waals surface area contributed by atoms with Gasteiger partial charge in [-0.05, 0) is 55.5 Å². The van der Waals surface area contributed by atoms with Gasteiger partial charge in [0.1, 0.15) is 11.9 Å². The second-order valence-corrected chi connectivity index (χ2v) is 9.17. The Hall–Kier alpha value is -4.17. The zero-order chi connectivity index (χ0) is 26.3. The molecule has 0 aromatic heterocycles. The molecule has 0 heterocycles. The lowest BCUT2D eigenvalue weighted by Gasteiger charge is -2.35. The molecule has 0 radical (unpaired) electrons. The predicted octanol–water partition coefficient (Wildman–Crippen LogP) is 5.91. The van der Waals surface area contributed by atoms with Crippen molar-refractivity contribution in [3.63, 3.8) is 0 Å². The summed E-state index contributed by atoms with van der Waals surface area (Å²) in [4.78, 5) is 35.8. The lowest BCUT2D eigenvalue weighted by Crippen LogP contribution is -2.29. The smallest absolute Gasteiger partial charge is 0.412 e. The number of rotatable bonds is 9. The van der Waals surface area contributed by atoms with Crippen LogP contribution in [0.25, 0.3) is 10.8 Å². The van der Waals surface area contributed by atoms with Crippen LogP contribution in [0.2, 0.25) is 0 Å². The maximum absolute atomic E-state index is 13.0. The Labute approximate surface area is 209 Å². The van der Waals surface area contributed by atoms with Crippen LogP contribution in [-0.4, -0.2) is 28.1 Å². The highest BCUT2D eigenvalue weighted by molar-refractivity contribution is 5.95. The first kappa shape index (κ1) is 26.4. The third kappa shape index (κ3) is 6.49. The van der Waals surface area contributed by atoms with E-state index < -0.39 is 23.5 Å². The normalized spacial score (nSPS) is 12.3. The summed E-state index contributed by atoms with van der Waals surface area (Å²) in [7, 11) is 0. The summed E-state index contributed by atoms with van der Waals surface area (Å²) in [5.41, 5.74) is 2.71. The number of ether oxygens (including phenoxy) is 1. The fourth-order valence-corrected chi connectivity index (χ4v) is 4.04. The maximum Gasteiger partial charge on any atom is 0.412 e. The topological polar surface area (TPSA) is 125 Å². The van der Waals surface area contributed by atoms with Crippen molar-refractivity contribution in [1.29, 1.82) is 0 Å². The molecule has 0 unspecified atom stereocenters. The molecule has 0 spiro atoms. The van der Waals surface area contributed by atoms with Crippen LogP contribution in [0, 0.1) is 5.41 Å². The first-order valence-electron chi connectivity index (χ1n) is 11.5. The zero-order valence-electron chi connectivity index (χ0n) is 20.4. The van der Waals surface area contributed by atoms with Crippen LogP contribution in [-0.2, 0) is 9.53 Å². The highest BCUT2D eigenvalue weighted by Gasteiger charge is 2.35. The molecule has 0 bridgehead atoms. The Morgan fingerprint density at radius 3 is 2.31 bits per heavy atom. The Balaban J connectivity index is 1.91. The average molecular weight is 491 g/mol. The predicted molar refractivity (Wildman–Crippen MR) is 137 cm³/mol. The molecule has 3 rings (SSSR count). The number of fused-ring (bicyclic) bond motifs is 1. The van der Waals surface area contributed by atoms with Crippen molar-refractivity contribution >= 4 is 34.2 Å². The average Bonchev–Trinajstić information content (AvgIpc) is 2.86. The van der Waals surface area contributed by atoms with Crippen molar-refractivity contribution in [2.75, 3.05) is 5.32 Å². The molecule has 4 N–H and O–H groups in total. The zero-order valence-corrected chi connectivity index (χ0v) is 20.4. The summed E-state index contributed by atoms with van der Waals surface area (Å²) >= 11 is 0. The summed E-state index contributed by atoms with van der Waals surface area (Å²) in [6.07, 6.45) is 2.53. The number of amides is 2. The number of nitrogens with one attached hydrogen (secondary N) is 2. The molecule has 0 saturated heterocycles. The highest BCUT2D eigenvalue weighted by Crippen LogP contribution is 2.44. The number of Topliss-reactive ketones (excluding diaryl/α,β-unsaturated/α-hetero) is 1. The Kier molecular flexibility index (Phi) is 8.45. The lowest BCUT2D eigenvalue weighted by atomic mass is 9.77. The summed E-state index contributed by atoms with van der Waals surface area (Å²) < 4.78 is 5.99. The number of phenolic OH excluding ortho intramolecular Hbond substituents is 1. The molecule has 8 nitrogen and oxygen atoms in total. The van der Waals surface area contributed by atoms with Gasteiger partial charge in [-0.2, -0.15) is 0 Å². The van der Waals surface area contributed by atoms with Gasteiger partial charge in [-0.1, -0.05) is 50.3 Å². The van der Waals surface area contributed by atoms with Gasteiger partial charge in [0.2, 0.25) is 0 Å². The first-order chi connectivity index (χ1) is 17.1. The largest absolute Gasteiger partial charge is 0.507 e. The monoisotopic (exact) mass is 490 g/mol. The number of hydrogen-bond donors (Lipinski definition) is 4. The Morgan fingerprint density at radius 1 is 1.00 bits per heavy atom. The van der Waals surface area contributed by atoms with Crippen molar-refractivity contribution in [3.8, 4) is 5.75 Å². The lowest BCUT2D eigenvalue weighted by molar-refractivity contribution is -0.124. The van der Waals surface area contributed by atoms with E-state index in [1.54, 1.807) is 54.0 Å². The van der Waals surface area contributed by atoms with Crippen molar-refractivity contribution in [3.05, 3.63) is 83.9 Å². The number of aromatic hydroxyl groups is 1. The van der Waals surface area contributed by atoms with E-state index in [0.717, 1.165) is 10.9 Å². The van der Waals surface area contributed by atoms with Gasteiger partial charge in [0.25, 0.3) is 5.91 Å². The van der Waals surface area contributed by atoms with E-state index in [4.69, 9.17) is 9.94 Å². The van der Waals surface area contributed by atoms with Gasteiger partial charge in [-0.15, -0.1) is 0 Å². The number of ketones is 1. The first-order valence-corrected chi connectivity index (χ1v) is 11.5. The summed E-state index contributed by atoms with van der Waals surface area (Å²) in [6.45, 7) is 5.37. The van der Waals surface area contributed by atoms with Gasteiger partial charge in [0.05, 0.1) is 0 Å². The molecule has 36 heavy (non-hydrogen) atoms. The molecule has 0 fully saturated rings. The molecule has 8 heteroatoms. The fraction of sp³-hybridized carbons (Fsp3) is 0.250. The number of phenols is 1. The maximum atomic E-state index is 13.0. The molecular formula is C28H30N2O6. The minimum atomic E-state index is -0.709. The van der Waals surface area contributed by atoms with E-state index in [9.17, 15) is 19.5 Å². The van der Waals surface area contributed by atoms with Crippen LogP contribution in [0.15, 0.2) is 72.8 Å². The van der Waals surface area contributed by atoms with Crippen molar-refractivity contribution in [2.24, 2.45) is 5.41 Å². The molecule has 0 saturated carbocycles. The third-order valence-electron chi connectivity index (χ3n) is 6.02. The van der Waals surface area contributed by atoms with Crippen molar-refractivity contribution < 1.29 is 29.4 Å². The molecule has 188 valence electrons. The molecule has 0 aliphatic rings. The molecule has 3 aromatic rings. The number of benzene rings is 3. The number of hydrogen-bond acceptors (Lipinski definition) is 6. The van der Waals surface area contributed by atoms with E-state index in [1.807, 2.05) is 32.0 Å². The van der Waals surface area contributed by atoms with Crippen LogP contribution in [0.5, 0.6) is 5.75 Å². The molecular weight excluding hydrogens is 460 g/mol. The number of carbonyl (C=O) groups is 3. The highest BCUT2D eigenvalue weighted by atomic mass is 16.6. The SMILES string of the molecule is CC(=O)c1ccc(NC(=O)O[C@@H](c2ccc(O)c3ccccc23)C(C)(C)CC/C=C/C(=O)NO)cc1. The summed E-state index contributed by atoms with van der Waals surface area (Å²) in [5.74, 6) is -0.574. The number of allylic oxidation sites excluding steroid dienone is 1. The van der Waals surface area contributed by atoms with Gasteiger partial charge in [-0.3, -0.25) is 20.1 Å². The molecule has 1 atom stereocenters. The van der Waals surface area contributed by atoms with Crippen LogP contribution in [0.1, 0.15) is 55.6 Å². The molecule has 0 aliphatic heterocycles. The third-order valence-corrected chi connectivity index (χ3v) is 6.02. The molecule has 0 aliphatic carbocycles. The van der Waals surface area contributed by atoms with Crippen LogP contribution in [0.4, 0.5) is 10.5 Å². The van der Waals surface area contributed by atoms with E-state index in [2.05, 4.69) is 5.32 Å². The van der Waals surface area contributed by atoms with Gasteiger partial charge >= 0.3 is 6.09 Å². The van der Waals surface area contributed by atoms with Gasteiger partial charge in [-0.25, -0.2) is 10.3 Å². The van der Waals surface area contributed by atoms with Crippen LogP contribution >= 0.6 is 0 Å². The van der Waals surface area contributed by atoms with Crippen molar-refractivity contribution in [2.45, 2.75) is 39.7 Å². The second kappa shape index (κ2) is 11.5. The fourth-order valence-electron chi connectivity index (χ4n) is 4.04. The van der Waals surface area contributed by atoms with E-state index in [1.165, 1.54) is 13.0 Å². The molecule has 2 amide bonds. The van der Waals surface area contributed by atoms with Gasteiger partial charge in [0, 0.05) is 33.7 Å².